The van der Waals surface area contributed by atoms with Crippen LogP contribution in [0, 0.1) is 16.0 Å². The molecule has 1 fully saturated rings. The maximum Gasteiger partial charge on any atom is 0.434 e. The van der Waals surface area contributed by atoms with Gasteiger partial charge in [-0.1, -0.05) is 4.98 Å². The number of aromatic nitrogens is 2. The fourth-order valence-electron chi connectivity index (χ4n) is 2.64. The van der Waals surface area contributed by atoms with Crippen LogP contribution < -0.4 is 0 Å². The van der Waals surface area contributed by atoms with E-state index in [4.69, 9.17) is 0 Å². The zero-order chi connectivity index (χ0) is 14.5. The number of hydrogen-bond acceptors (Lipinski definition) is 5. The fraction of sp³-hybridized carbons (Fsp3) is 0.750. The lowest BCUT2D eigenvalue weighted by atomic mass is 9.99. The Morgan fingerprint density at radius 2 is 2.40 bits per heavy atom. The summed E-state index contributed by atoms with van der Waals surface area (Å²) in [7, 11) is 0. The zero-order valence-electron chi connectivity index (χ0n) is 11.2. The van der Waals surface area contributed by atoms with Crippen molar-refractivity contribution in [1.82, 2.24) is 14.5 Å². The van der Waals surface area contributed by atoms with Gasteiger partial charge in [-0.15, -0.1) is 0 Å². The molecular formula is C12H19FN4O3. The molecule has 0 bridgehead atoms. The molecule has 1 aliphatic heterocycles. The number of nitrogens with zero attached hydrogens (tertiary/aromatic N) is 4. The van der Waals surface area contributed by atoms with E-state index in [1.807, 2.05) is 4.90 Å². The van der Waals surface area contributed by atoms with Gasteiger partial charge in [-0.25, -0.2) is 4.57 Å². The van der Waals surface area contributed by atoms with Gasteiger partial charge in [-0.2, -0.15) is 0 Å². The number of hydrogen-bond donors (Lipinski definition) is 1. The summed E-state index contributed by atoms with van der Waals surface area (Å²) < 4.78 is 14.0. The minimum absolute atomic E-state index is 0.0403. The fourth-order valence-corrected chi connectivity index (χ4v) is 2.64. The van der Waals surface area contributed by atoms with E-state index in [2.05, 4.69) is 4.98 Å². The molecule has 1 N–H and O–H groups in total. The first-order valence-corrected chi connectivity index (χ1v) is 6.72. The van der Waals surface area contributed by atoms with E-state index in [9.17, 15) is 19.6 Å². The third-order valence-corrected chi connectivity index (χ3v) is 3.55. The Balaban J connectivity index is 1.87. The van der Waals surface area contributed by atoms with Crippen LogP contribution in [0.5, 0.6) is 0 Å². The van der Waals surface area contributed by atoms with E-state index in [1.165, 1.54) is 17.0 Å². The molecule has 2 atom stereocenters. The Morgan fingerprint density at radius 1 is 1.60 bits per heavy atom. The van der Waals surface area contributed by atoms with Gasteiger partial charge in [0.2, 0.25) is 0 Å². The van der Waals surface area contributed by atoms with Crippen molar-refractivity contribution >= 4 is 5.95 Å². The highest BCUT2D eigenvalue weighted by Gasteiger charge is 2.23. The summed E-state index contributed by atoms with van der Waals surface area (Å²) in [5, 5.41) is 20.8. The molecule has 0 aliphatic carbocycles. The number of likely N-dealkylation sites (tertiary alicyclic amines) is 1. The summed E-state index contributed by atoms with van der Waals surface area (Å²) in [6, 6.07) is 0. The Bertz CT molecular complexity index is 454. The highest BCUT2D eigenvalue weighted by molar-refractivity contribution is 5.06. The van der Waals surface area contributed by atoms with E-state index in [0.29, 0.717) is 13.1 Å². The number of aliphatic hydroxyl groups excluding tert-OH is 1. The van der Waals surface area contributed by atoms with Gasteiger partial charge < -0.3 is 20.1 Å². The van der Waals surface area contributed by atoms with E-state index in [1.54, 1.807) is 0 Å². The molecular weight excluding hydrogens is 267 g/mol. The van der Waals surface area contributed by atoms with Crippen LogP contribution in [0.3, 0.4) is 0 Å². The normalized spacial score (nSPS) is 21.8. The lowest BCUT2D eigenvalue weighted by molar-refractivity contribution is -0.397. The van der Waals surface area contributed by atoms with Crippen molar-refractivity contribution < 1.29 is 14.4 Å². The molecule has 7 nitrogen and oxygen atoms in total. The predicted molar refractivity (Wildman–Crippen MR) is 70.0 cm³/mol. The average molecular weight is 286 g/mol. The molecule has 0 saturated carbocycles. The molecule has 0 amide bonds. The van der Waals surface area contributed by atoms with Gasteiger partial charge in [0.25, 0.3) is 0 Å². The topological polar surface area (TPSA) is 84.4 Å². The lowest BCUT2D eigenvalue weighted by Crippen LogP contribution is -2.41. The van der Waals surface area contributed by atoms with Crippen molar-refractivity contribution in [1.29, 1.82) is 0 Å². The van der Waals surface area contributed by atoms with Crippen LogP contribution in [-0.4, -0.2) is 56.9 Å². The Labute approximate surface area is 116 Å². The quantitative estimate of drug-likeness (QED) is 0.618. The van der Waals surface area contributed by atoms with Crippen molar-refractivity contribution in [2.24, 2.45) is 5.92 Å². The second kappa shape index (κ2) is 6.76. The number of β-amino-alcohol motifs (C(OH)–C–C–N with tert-alkyl or cyclic N) is 1. The van der Waals surface area contributed by atoms with E-state index in [-0.39, 0.29) is 25.1 Å². The third-order valence-electron chi connectivity index (χ3n) is 3.55. The summed E-state index contributed by atoms with van der Waals surface area (Å²) in [6.07, 6.45) is 3.89. The summed E-state index contributed by atoms with van der Waals surface area (Å²) in [5.41, 5.74) is 0. The SMILES string of the molecule is O=[N+]([O-])c1nccn1CC(O)CN1CCCC(CF)C1. The van der Waals surface area contributed by atoms with Crippen molar-refractivity contribution in [2.45, 2.75) is 25.5 Å². The molecule has 8 heteroatoms. The Hall–Kier alpha value is -1.54. The number of halogens is 1. The number of nitro groups is 1. The summed E-state index contributed by atoms with van der Waals surface area (Å²) >= 11 is 0. The van der Waals surface area contributed by atoms with Crippen molar-refractivity contribution in [3.8, 4) is 0 Å². The van der Waals surface area contributed by atoms with E-state index in [0.717, 1.165) is 19.4 Å². The minimum Gasteiger partial charge on any atom is -0.390 e. The van der Waals surface area contributed by atoms with Crippen LogP contribution in [0.4, 0.5) is 10.3 Å². The third kappa shape index (κ3) is 3.73. The molecule has 20 heavy (non-hydrogen) atoms. The zero-order valence-corrected chi connectivity index (χ0v) is 11.2. The number of imidazole rings is 1. The standard InChI is InChI=1S/C12H19FN4O3/c13-6-10-2-1-4-15(7-10)8-11(18)9-16-5-3-14-12(16)17(19)20/h3,5,10-11,18H,1-2,4,6-9H2. The second-order valence-corrected chi connectivity index (χ2v) is 5.21. The first-order valence-electron chi connectivity index (χ1n) is 6.72. The number of aliphatic hydroxyl groups is 1. The van der Waals surface area contributed by atoms with Crippen LogP contribution in [0.2, 0.25) is 0 Å². The van der Waals surface area contributed by atoms with Crippen LogP contribution in [-0.2, 0) is 6.54 Å². The molecule has 1 aromatic rings. The minimum atomic E-state index is -0.735. The molecule has 112 valence electrons. The monoisotopic (exact) mass is 286 g/mol. The van der Waals surface area contributed by atoms with Gasteiger partial charge in [0.05, 0.1) is 19.3 Å². The average Bonchev–Trinajstić information content (AvgIpc) is 2.87. The predicted octanol–water partition coefficient (Wildman–Crippen LogP) is 0.834. The van der Waals surface area contributed by atoms with E-state index < -0.39 is 11.0 Å². The number of alkyl halides is 1. The van der Waals surface area contributed by atoms with Crippen LogP contribution in [0.25, 0.3) is 0 Å². The molecule has 2 rings (SSSR count). The van der Waals surface area contributed by atoms with Crippen LogP contribution >= 0.6 is 0 Å². The van der Waals surface area contributed by atoms with Gasteiger partial charge in [0.1, 0.15) is 12.4 Å². The molecule has 0 radical (unpaired) electrons. The van der Waals surface area contributed by atoms with Gasteiger partial charge in [-0.05, 0) is 24.3 Å². The Kier molecular flexibility index (Phi) is 5.02. The Morgan fingerprint density at radius 3 is 3.10 bits per heavy atom. The maximum atomic E-state index is 12.7. The largest absolute Gasteiger partial charge is 0.434 e. The lowest BCUT2D eigenvalue weighted by Gasteiger charge is -2.32. The molecule has 1 saturated heterocycles. The maximum absolute atomic E-state index is 12.7. The van der Waals surface area contributed by atoms with Crippen molar-refractivity contribution in [2.75, 3.05) is 26.3 Å². The molecule has 2 heterocycles. The van der Waals surface area contributed by atoms with Gasteiger partial charge >= 0.3 is 5.95 Å². The van der Waals surface area contributed by atoms with Gasteiger partial charge in [0, 0.05) is 19.0 Å². The summed E-state index contributed by atoms with van der Waals surface area (Å²) in [6.45, 7) is 1.65. The first-order chi connectivity index (χ1) is 9.60. The highest BCUT2D eigenvalue weighted by Crippen LogP contribution is 2.17. The summed E-state index contributed by atoms with van der Waals surface area (Å²) in [5.74, 6) is -0.233. The first kappa shape index (κ1) is 14.9. The van der Waals surface area contributed by atoms with Crippen LogP contribution in [0.15, 0.2) is 12.4 Å². The number of piperidine rings is 1. The van der Waals surface area contributed by atoms with Gasteiger partial charge in [-0.3, -0.25) is 4.39 Å². The summed E-state index contributed by atoms with van der Waals surface area (Å²) in [4.78, 5) is 15.8. The van der Waals surface area contributed by atoms with E-state index >= 15 is 0 Å². The molecule has 1 aromatic heterocycles. The van der Waals surface area contributed by atoms with Crippen molar-refractivity contribution in [3.05, 3.63) is 22.5 Å². The number of rotatable bonds is 6. The van der Waals surface area contributed by atoms with Gasteiger partial charge in [0.15, 0.2) is 0 Å². The van der Waals surface area contributed by atoms with Crippen LogP contribution in [0.1, 0.15) is 12.8 Å². The molecule has 0 aromatic carbocycles. The smallest absolute Gasteiger partial charge is 0.390 e. The second-order valence-electron chi connectivity index (χ2n) is 5.21. The van der Waals surface area contributed by atoms with Crippen molar-refractivity contribution in [3.63, 3.8) is 0 Å². The highest BCUT2D eigenvalue weighted by atomic mass is 19.1. The molecule has 1 aliphatic rings. The molecule has 2 unspecified atom stereocenters. The molecule has 0 spiro atoms.